The third-order valence-electron chi connectivity index (χ3n) is 3.14. The molecule has 2 nitrogen and oxygen atoms in total. The molecule has 4 rings (SSSR count). The van der Waals surface area contributed by atoms with Crippen LogP contribution in [0, 0.1) is 3.70 Å². The summed E-state index contributed by atoms with van der Waals surface area (Å²) >= 11 is 2.74. The van der Waals surface area contributed by atoms with Gasteiger partial charge in [0.05, 0.1) is 0 Å². The van der Waals surface area contributed by atoms with Crippen molar-refractivity contribution < 1.29 is 0 Å². The zero-order valence-corrected chi connectivity index (χ0v) is 13.7. The standard InChI is InChI=1S/C15H9IN2Se/c16-14-13(10-6-2-1-3-7-10)19-15-17-11-8-4-5-9-12(11)18(14)15/h1-9H. The topological polar surface area (TPSA) is 17.3 Å². The molecule has 0 spiro atoms. The summed E-state index contributed by atoms with van der Waals surface area (Å²) in [5, 5.41) is 0. The number of hydrogen-bond acceptors (Lipinski definition) is 1. The van der Waals surface area contributed by atoms with E-state index in [-0.39, 0.29) is 14.5 Å². The molecule has 2 aromatic carbocycles. The maximum atomic E-state index is 4.76. The Morgan fingerprint density at radius 2 is 1.68 bits per heavy atom. The van der Waals surface area contributed by atoms with Crippen LogP contribution in [-0.4, -0.2) is 23.9 Å². The van der Waals surface area contributed by atoms with Crippen molar-refractivity contribution in [3.8, 4) is 10.0 Å². The quantitative estimate of drug-likeness (QED) is 0.336. The average molecular weight is 423 g/mol. The van der Waals surface area contributed by atoms with E-state index in [1.54, 1.807) is 0 Å². The number of para-hydroxylation sites is 2. The summed E-state index contributed by atoms with van der Waals surface area (Å²) < 4.78 is 6.24. The number of aromatic nitrogens is 2. The first-order chi connectivity index (χ1) is 9.34. The number of benzene rings is 2. The minimum atomic E-state index is 0.289. The molecular formula is C15H9IN2Se. The molecule has 0 unspecified atom stereocenters. The van der Waals surface area contributed by atoms with E-state index in [1.165, 1.54) is 23.7 Å². The zero-order chi connectivity index (χ0) is 12.8. The number of halogens is 1. The van der Waals surface area contributed by atoms with Gasteiger partial charge in [-0.25, -0.2) is 0 Å². The molecule has 4 aromatic rings. The molecule has 0 aliphatic heterocycles. The summed E-state index contributed by atoms with van der Waals surface area (Å²) in [6, 6.07) is 19.0. The van der Waals surface area contributed by atoms with Crippen LogP contribution in [0.2, 0.25) is 0 Å². The second-order valence-corrected chi connectivity index (χ2v) is 7.38. The Morgan fingerprint density at radius 3 is 2.53 bits per heavy atom. The number of rotatable bonds is 1. The van der Waals surface area contributed by atoms with E-state index in [4.69, 9.17) is 4.98 Å². The number of fused-ring (bicyclic) bond motifs is 3. The van der Waals surface area contributed by atoms with Gasteiger partial charge in [-0.1, -0.05) is 0 Å². The van der Waals surface area contributed by atoms with E-state index in [0.29, 0.717) is 0 Å². The fourth-order valence-electron chi connectivity index (χ4n) is 2.26. The van der Waals surface area contributed by atoms with E-state index in [2.05, 4.69) is 75.5 Å². The van der Waals surface area contributed by atoms with Crippen LogP contribution >= 0.6 is 22.6 Å². The van der Waals surface area contributed by atoms with Gasteiger partial charge >= 0.3 is 130 Å². The molecule has 4 heteroatoms. The second kappa shape index (κ2) is 4.47. The predicted molar refractivity (Wildman–Crippen MR) is 87.8 cm³/mol. The van der Waals surface area contributed by atoms with Crippen molar-refractivity contribution in [1.29, 1.82) is 0 Å². The number of hydrogen-bond donors (Lipinski definition) is 0. The van der Waals surface area contributed by atoms with Crippen LogP contribution in [0.25, 0.3) is 25.6 Å². The molecule has 0 bridgehead atoms. The molecule has 0 fully saturated rings. The van der Waals surface area contributed by atoms with Gasteiger partial charge in [0.1, 0.15) is 0 Å². The van der Waals surface area contributed by atoms with E-state index in [1.807, 2.05) is 6.07 Å². The molecule has 0 radical (unpaired) electrons. The zero-order valence-electron chi connectivity index (χ0n) is 9.88. The Labute approximate surface area is 130 Å². The fraction of sp³-hybridized carbons (Fsp3) is 0. The van der Waals surface area contributed by atoms with Gasteiger partial charge in [-0.2, -0.15) is 0 Å². The van der Waals surface area contributed by atoms with Gasteiger partial charge in [0.2, 0.25) is 0 Å². The Morgan fingerprint density at radius 1 is 0.947 bits per heavy atom. The first kappa shape index (κ1) is 11.7. The third kappa shape index (κ3) is 1.78. The molecule has 0 N–H and O–H groups in total. The Bertz CT molecular complexity index is 877. The van der Waals surface area contributed by atoms with Crippen LogP contribution in [-0.2, 0) is 0 Å². The fourth-order valence-corrected chi connectivity index (χ4v) is 6.18. The van der Waals surface area contributed by atoms with Gasteiger partial charge in [0.25, 0.3) is 0 Å². The van der Waals surface area contributed by atoms with Gasteiger partial charge in [-0.3, -0.25) is 0 Å². The van der Waals surface area contributed by atoms with E-state index in [9.17, 15) is 0 Å². The molecular weight excluding hydrogens is 414 g/mol. The first-order valence-electron chi connectivity index (χ1n) is 5.95. The van der Waals surface area contributed by atoms with Crippen LogP contribution in [0.4, 0.5) is 0 Å². The molecule has 19 heavy (non-hydrogen) atoms. The summed E-state index contributed by atoms with van der Waals surface area (Å²) in [5.41, 5.74) is 3.64. The Kier molecular flexibility index (Phi) is 2.76. The molecule has 0 saturated heterocycles. The Balaban J connectivity index is 2.08. The van der Waals surface area contributed by atoms with Crippen LogP contribution in [0.3, 0.4) is 0 Å². The van der Waals surface area contributed by atoms with Crippen molar-refractivity contribution in [2.24, 2.45) is 0 Å². The van der Waals surface area contributed by atoms with Gasteiger partial charge in [0.15, 0.2) is 0 Å². The van der Waals surface area contributed by atoms with Gasteiger partial charge in [-0.15, -0.1) is 0 Å². The van der Waals surface area contributed by atoms with Crippen LogP contribution in [0.5, 0.6) is 0 Å². The number of imidazole rings is 1. The molecule has 2 aromatic heterocycles. The van der Waals surface area contributed by atoms with Gasteiger partial charge < -0.3 is 0 Å². The van der Waals surface area contributed by atoms with E-state index < -0.39 is 0 Å². The van der Waals surface area contributed by atoms with E-state index >= 15 is 0 Å². The maximum absolute atomic E-state index is 4.76. The summed E-state index contributed by atoms with van der Waals surface area (Å²) in [5.74, 6) is 0. The van der Waals surface area contributed by atoms with Crippen LogP contribution in [0.15, 0.2) is 54.6 Å². The molecule has 0 saturated carbocycles. The van der Waals surface area contributed by atoms with Crippen molar-refractivity contribution in [2.75, 3.05) is 0 Å². The van der Waals surface area contributed by atoms with Crippen molar-refractivity contribution in [2.45, 2.75) is 0 Å². The minimum absolute atomic E-state index is 0.289. The second-order valence-electron chi connectivity index (χ2n) is 4.31. The summed E-state index contributed by atoms with van der Waals surface area (Å²) in [7, 11) is 0. The van der Waals surface area contributed by atoms with Crippen molar-refractivity contribution >= 4 is 52.6 Å². The molecule has 0 atom stereocenters. The summed E-state index contributed by atoms with van der Waals surface area (Å²) in [6.07, 6.45) is 0. The van der Waals surface area contributed by atoms with Crippen LogP contribution in [0.1, 0.15) is 0 Å². The van der Waals surface area contributed by atoms with E-state index in [0.717, 1.165) is 5.52 Å². The average Bonchev–Trinajstić information content (AvgIpc) is 2.97. The van der Waals surface area contributed by atoms with Gasteiger partial charge in [0, 0.05) is 0 Å². The molecule has 2 heterocycles. The molecule has 92 valence electrons. The molecule has 0 amide bonds. The van der Waals surface area contributed by atoms with Gasteiger partial charge in [-0.05, 0) is 0 Å². The summed E-state index contributed by atoms with van der Waals surface area (Å²) in [6.45, 7) is 0. The van der Waals surface area contributed by atoms with Crippen molar-refractivity contribution in [3.63, 3.8) is 0 Å². The first-order valence-corrected chi connectivity index (χ1v) is 8.75. The molecule has 0 aliphatic rings. The molecule has 0 aliphatic carbocycles. The third-order valence-corrected chi connectivity index (χ3v) is 7.27. The SMILES string of the molecule is Ic1c(-c2ccccc2)[se]c2nc3ccccc3n12. The van der Waals surface area contributed by atoms with Crippen molar-refractivity contribution in [1.82, 2.24) is 9.38 Å². The predicted octanol–water partition coefficient (Wildman–Crippen LogP) is 3.82. The normalized spacial score (nSPS) is 11.4. The van der Waals surface area contributed by atoms with Crippen LogP contribution < -0.4 is 0 Å². The number of nitrogens with zero attached hydrogens (tertiary/aromatic N) is 2. The van der Waals surface area contributed by atoms with Crippen molar-refractivity contribution in [3.05, 3.63) is 58.3 Å². The monoisotopic (exact) mass is 424 g/mol. The Hall–Kier alpha value is -1.10. The summed E-state index contributed by atoms with van der Waals surface area (Å²) in [4.78, 5) is 4.76.